The second kappa shape index (κ2) is 4.83. The van der Waals surface area contributed by atoms with Crippen LogP contribution in [-0.2, 0) is 0 Å². The lowest BCUT2D eigenvalue weighted by molar-refractivity contribution is 0.315. The third-order valence-corrected chi connectivity index (χ3v) is 2.92. The molecule has 1 atom stereocenters. The summed E-state index contributed by atoms with van der Waals surface area (Å²) < 4.78 is 13.6. The molecule has 0 radical (unpaired) electrons. The maximum absolute atomic E-state index is 13.6. The van der Waals surface area contributed by atoms with Crippen molar-refractivity contribution in [3.05, 3.63) is 30.1 Å². The average molecular weight is 224 g/mol. The first kappa shape index (κ1) is 13.0. The first-order valence-corrected chi connectivity index (χ1v) is 5.55. The van der Waals surface area contributed by atoms with E-state index in [4.69, 9.17) is 5.73 Å². The van der Waals surface area contributed by atoms with Gasteiger partial charge >= 0.3 is 0 Å². The summed E-state index contributed by atoms with van der Waals surface area (Å²) in [6.45, 7) is 6.85. The van der Waals surface area contributed by atoms with Gasteiger partial charge in [-0.1, -0.05) is 32.9 Å². The summed E-state index contributed by atoms with van der Waals surface area (Å²) >= 11 is 0. The molecule has 16 heavy (non-hydrogen) atoms. The first-order valence-electron chi connectivity index (χ1n) is 5.55. The monoisotopic (exact) mass is 224 g/mol. The largest absolute Gasteiger partial charge is 0.367 e. The van der Waals surface area contributed by atoms with Gasteiger partial charge < -0.3 is 10.6 Å². The molecule has 0 bridgehead atoms. The molecule has 1 rings (SSSR count). The Kier molecular flexibility index (Phi) is 3.92. The lowest BCUT2D eigenvalue weighted by Crippen LogP contribution is -2.47. The second-order valence-corrected chi connectivity index (χ2v) is 5.18. The van der Waals surface area contributed by atoms with Crippen LogP contribution in [0, 0.1) is 11.2 Å². The van der Waals surface area contributed by atoms with Crippen molar-refractivity contribution in [2.45, 2.75) is 26.8 Å². The summed E-state index contributed by atoms with van der Waals surface area (Å²) in [6.07, 6.45) is 0. The quantitative estimate of drug-likeness (QED) is 0.855. The Balaban J connectivity index is 3.01. The second-order valence-electron chi connectivity index (χ2n) is 5.18. The predicted molar refractivity (Wildman–Crippen MR) is 67.1 cm³/mol. The summed E-state index contributed by atoms with van der Waals surface area (Å²) in [5.74, 6) is -0.201. The molecule has 2 N–H and O–H groups in total. The van der Waals surface area contributed by atoms with E-state index in [1.54, 1.807) is 12.1 Å². The number of halogens is 1. The molecular formula is C13H21FN2. The number of anilines is 1. The zero-order chi connectivity index (χ0) is 12.3. The van der Waals surface area contributed by atoms with Gasteiger partial charge in [0.1, 0.15) is 5.82 Å². The van der Waals surface area contributed by atoms with Crippen molar-refractivity contribution in [1.82, 2.24) is 0 Å². The van der Waals surface area contributed by atoms with Gasteiger partial charge in [0.2, 0.25) is 0 Å². The van der Waals surface area contributed by atoms with Gasteiger partial charge in [-0.15, -0.1) is 0 Å². The van der Waals surface area contributed by atoms with E-state index in [2.05, 4.69) is 20.8 Å². The molecule has 1 aromatic carbocycles. The number of likely N-dealkylation sites (N-methyl/N-ethyl adjacent to an activating group) is 1. The van der Waals surface area contributed by atoms with Crippen LogP contribution in [0.2, 0.25) is 0 Å². The Morgan fingerprint density at radius 2 is 1.88 bits per heavy atom. The molecule has 1 unspecified atom stereocenters. The lowest BCUT2D eigenvalue weighted by atomic mass is 9.85. The minimum Gasteiger partial charge on any atom is -0.367 e. The maximum Gasteiger partial charge on any atom is 0.146 e. The van der Waals surface area contributed by atoms with Crippen molar-refractivity contribution in [3.8, 4) is 0 Å². The highest BCUT2D eigenvalue weighted by atomic mass is 19.1. The molecule has 0 aliphatic carbocycles. The molecule has 0 aromatic heterocycles. The smallest absolute Gasteiger partial charge is 0.146 e. The van der Waals surface area contributed by atoms with Gasteiger partial charge in [-0.25, -0.2) is 4.39 Å². The fourth-order valence-electron chi connectivity index (χ4n) is 2.00. The number of nitrogens with zero attached hydrogens (tertiary/aromatic N) is 1. The van der Waals surface area contributed by atoms with Gasteiger partial charge in [0.05, 0.1) is 5.69 Å². The van der Waals surface area contributed by atoms with E-state index < -0.39 is 0 Å². The number of para-hydroxylation sites is 1. The molecule has 0 spiro atoms. The van der Waals surface area contributed by atoms with E-state index in [1.165, 1.54) is 6.07 Å². The SMILES string of the molecule is CN(c1ccccc1F)C(CN)C(C)(C)C. The van der Waals surface area contributed by atoms with E-state index in [0.29, 0.717) is 12.2 Å². The molecular weight excluding hydrogens is 203 g/mol. The summed E-state index contributed by atoms with van der Waals surface area (Å²) in [4.78, 5) is 1.93. The minimum absolute atomic E-state index is 0.0196. The third kappa shape index (κ3) is 2.73. The molecule has 0 heterocycles. The van der Waals surface area contributed by atoms with E-state index in [0.717, 1.165) is 0 Å². The highest BCUT2D eigenvalue weighted by Gasteiger charge is 2.28. The van der Waals surface area contributed by atoms with Gasteiger partial charge in [0.25, 0.3) is 0 Å². The number of hydrogen-bond acceptors (Lipinski definition) is 2. The van der Waals surface area contributed by atoms with Crippen molar-refractivity contribution < 1.29 is 4.39 Å². The van der Waals surface area contributed by atoms with E-state index in [9.17, 15) is 4.39 Å². The summed E-state index contributed by atoms with van der Waals surface area (Å²) in [6, 6.07) is 6.91. The molecule has 90 valence electrons. The highest BCUT2D eigenvalue weighted by Crippen LogP contribution is 2.28. The molecule has 0 aliphatic rings. The van der Waals surface area contributed by atoms with Crippen LogP contribution in [0.1, 0.15) is 20.8 Å². The van der Waals surface area contributed by atoms with Crippen molar-refractivity contribution >= 4 is 5.69 Å². The Morgan fingerprint density at radius 1 is 1.31 bits per heavy atom. The standard InChI is InChI=1S/C13H21FN2/c1-13(2,3)12(9-15)16(4)11-8-6-5-7-10(11)14/h5-8,12H,9,15H2,1-4H3. The zero-order valence-electron chi connectivity index (χ0n) is 10.5. The van der Waals surface area contributed by atoms with Gasteiger partial charge in [0, 0.05) is 19.6 Å². The van der Waals surface area contributed by atoms with Crippen LogP contribution in [0.15, 0.2) is 24.3 Å². The average Bonchev–Trinajstić information content (AvgIpc) is 2.17. The molecule has 2 nitrogen and oxygen atoms in total. The van der Waals surface area contributed by atoms with Crippen LogP contribution in [0.25, 0.3) is 0 Å². The summed E-state index contributed by atoms with van der Waals surface area (Å²) in [5, 5.41) is 0. The molecule has 1 aromatic rings. The lowest BCUT2D eigenvalue weighted by Gasteiger charge is -2.38. The number of nitrogens with two attached hydrogens (primary N) is 1. The topological polar surface area (TPSA) is 29.3 Å². The van der Waals surface area contributed by atoms with Crippen LogP contribution >= 0.6 is 0 Å². The third-order valence-electron chi connectivity index (χ3n) is 2.92. The van der Waals surface area contributed by atoms with Crippen LogP contribution in [0.3, 0.4) is 0 Å². The van der Waals surface area contributed by atoms with Crippen LogP contribution in [-0.4, -0.2) is 19.6 Å². The summed E-state index contributed by atoms with van der Waals surface area (Å²) in [7, 11) is 1.89. The van der Waals surface area contributed by atoms with E-state index >= 15 is 0 Å². The van der Waals surface area contributed by atoms with Crippen LogP contribution < -0.4 is 10.6 Å². The van der Waals surface area contributed by atoms with Gasteiger partial charge in [0.15, 0.2) is 0 Å². The number of benzene rings is 1. The van der Waals surface area contributed by atoms with E-state index in [1.807, 2.05) is 18.0 Å². The number of hydrogen-bond donors (Lipinski definition) is 1. The Morgan fingerprint density at radius 3 is 2.31 bits per heavy atom. The molecule has 0 saturated carbocycles. The van der Waals surface area contributed by atoms with Crippen molar-refractivity contribution in [1.29, 1.82) is 0 Å². The predicted octanol–water partition coefficient (Wildman–Crippen LogP) is 2.64. The Labute approximate surface area is 97.3 Å². The normalized spacial score (nSPS) is 13.6. The highest BCUT2D eigenvalue weighted by molar-refractivity contribution is 5.48. The minimum atomic E-state index is -0.201. The maximum atomic E-state index is 13.6. The van der Waals surface area contributed by atoms with Crippen molar-refractivity contribution in [2.24, 2.45) is 11.1 Å². The van der Waals surface area contributed by atoms with Crippen LogP contribution in [0.4, 0.5) is 10.1 Å². The molecule has 0 saturated heterocycles. The number of rotatable bonds is 3. The van der Waals surface area contributed by atoms with Crippen LogP contribution in [0.5, 0.6) is 0 Å². The Bertz CT molecular complexity index is 344. The molecule has 0 fully saturated rings. The fourth-order valence-corrected chi connectivity index (χ4v) is 2.00. The van der Waals surface area contributed by atoms with Gasteiger partial charge in [-0.05, 0) is 17.5 Å². The Hall–Kier alpha value is -1.09. The van der Waals surface area contributed by atoms with Crippen molar-refractivity contribution in [2.75, 3.05) is 18.5 Å². The summed E-state index contributed by atoms with van der Waals surface area (Å²) in [5.41, 5.74) is 6.41. The van der Waals surface area contributed by atoms with Crippen molar-refractivity contribution in [3.63, 3.8) is 0 Å². The van der Waals surface area contributed by atoms with Gasteiger partial charge in [-0.2, -0.15) is 0 Å². The molecule has 0 amide bonds. The van der Waals surface area contributed by atoms with Gasteiger partial charge in [-0.3, -0.25) is 0 Å². The molecule has 0 aliphatic heterocycles. The molecule has 3 heteroatoms. The fraction of sp³-hybridized carbons (Fsp3) is 0.538. The first-order chi connectivity index (χ1) is 7.38. The zero-order valence-corrected chi connectivity index (χ0v) is 10.5. The van der Waals surface area contributed by atoms with E-state index in [-0.39, 0.29) is 17.3 Å².